The van der Waals surface area contributed by atoms with Gasteiger partial charge in [0.05, 0.1) is 36.4 Å². The van der Waals surface area contributed by atoms with Crippen molar-refractivity contribution >= 4 is 28.6 Å². The third kappa shape index (κ3) is 4.12. The molecule has 2 aromatic rings. The summed E-state index contributed by atoms with van der Waals surface area (Å²) in [7, 11) is 0. The van der Waals surface area contributed by atoms with E-state index in [4.69, 9.17) is 4.42 Å². The summed E-state index contributed by atoms with van der Waals surface area (Å²) in [4.78, 5) is 24.7. The zero-order valence-corrected chi connectivity index (χ0v) is 20.1. The predicted molar refractivity (Wildman–Crippen MR) is 127 cm³/mol. The predicted octanol–water partition coefficient (Wildman–Crippen LogP) is 3.42. The fourth-order valence-electron chi connectivity index (χ4n) is 5.11. The Kier molecular flexibility index (Phi) is 5.45. The fraction of sp³-hybridized carbons (Fsp3) is 0.222. The third-order valence-corrected chi connectivity index (χ3v) is 6.98. The van der Waals surface area contributed by atoms with E-state index in [1.54, 1.807) is 0 Å². The highest BCUT2D eigenvalue weighted by Crippen LogP contribution is 2.44. The Hall–Kier alpha value is -4.55. The summed E-state index contributed by atoms with van der Waals surface area (Å²) in [6.45, 7) is -3.03. The quantitative estimate of drug-likeness (QED) is 0.233. The Morgan fingerprint density at radius 2 is 1.62 bits per heavy atom. The summed E-state index contributed by atoms with van der Waals surface area (Å²) >= 11 is 0. The summed E-state index contributed by atoms with van der Waals surface area (Å²) in [5.41, 5.74) is -1.70. The largest absolute Gasteiger partial charge is 0.545 e. The van der Waals surface area contributed by atoms with Crippen molar-refractivity contribution in [3.8, 4) is 22.5 Å². The summed E-state index contributed by atoms with van der Waals surface area (Å²) in [5.74, 6) is -11.2. The molecule has 0 unspecified atom stereocenters. The Balaban J connectivity index is 1.70. The number of hydrogen-bond acceptors (Lipinski definition) is 5. The average Bonchev–Trinajstić information content (AvgIpc) is 2.83. The van der Waals surface area contributed by atoms with Gasteiger partial charge in [0.15, 0.2) is 5.82 Å². The standard InChI is InChI=1S/C27H16F6N2O5/c28-17-4-15-21(6-19(17)34-8-26(30,31)9-34)40-22-7-20(35-10-27(32,33)11-35)18(29)5-16(22)23(15)14-3-12(24(36)37)1-2-13(14)25(38)39/h1-7H,8-11H2,(H-,36,37,38,39). The molecule has 0 bridgehead atoms. The number of rotatable bonds is 4. The first-order chi connectivity index (χ1) is 18.7. The maximum Gasteiger partial charge on any atom is 0.361 e. The van der Waals surface area contributed by atoms with E-state index in [1.165, 1.54) is 0 Å². The van der Waals surface area contributed by atoms with Crippen LogP contribution in [0.2, 0.25) is 0 Å². The number of fused-ring (bicyclic) bond motifs is 2. The Labute approximate surface area is 220 Å². The molecule has 0 spiro atoms. The molecule has 7 nitrogen and oxygen atoms in total. The number of carboxylic acid groups (broad SMARTS) is 2. The molecule has 2 fully saturated rings. The number of carbonyl (C=O) groups excluding carboxylic acids is 1. The lowest BCUT2D eigenvalue weighted by Gasteiger charge is -2.40. The maximum absolute atomic E-state index is 15.3. The van der Waals surface area contributed by atoms with Crippen LogP contribution in [-0.4, -0.2) is 55.1 Å². The average molecular weight is 562 g/mol. The molecule has 0 aromatic heterocycles. The lowest BCUT2D eigenvalue weighted by molar-refractivity contribution is -0.255. The Morgan fingerprint density at radius 1 is 0.925 bits per heavy atom. The van der Waals surface area contributed by atoms with E-state index < -0.39 is 72.7 Å². The number of carbonyl (C=O) groups is 2. The second-order valence-corrected chi connectivity index (χ2v) is 9.85. The van der Waals surface area contributed by atoms with Crippen LogP contribution in [0.5, 0.6) is 0 Å². The Bertz CT molecular complexity index is 1800. The van der Waals surface area contributed by atoms with E-state index in [2.05, 4.69) is 0 Å². The van der Waals surface area contributed by atoms with Gasteiger partial charge in [-0.2, -0.15) is 13.2 Å². The first kappa shape index (κ1) is 25.7. The molecule has 206 valence electrons. The van der Waals surface area contributed by atoms with Gasteiger partial charge in [0.2, 0.25) is 18.4 Å². The minimum absolute atomic E-state index is 0.110. The van der Waals surface area contributed by atoms with E-state index in [-0.39, 0.29) is 44.5 Å². The van der Waals surface area contributed by atoms with Gasteiger partial charge in [0.25, 0.3) is 5.92 Å². The second kappa shape index (κ2) is 8.47. The molecule has 2 saturated heterocycles. The van der Waals surface area contributed by atoms with Crippen molar-refractivity contribution in [1.29, 1.82) is 0 Å². The molecule has 6 rings (SSSR count). The van der Waals surface area contributed by atoms with Crippen molar-refractivity contribution in [2.24, 2.45) is 0 Å². The molecule has 3 aliphatic heterocycles. The van der Waals surface area contributed by atoms with Crippen LogP contribution in [0.1, 0.15) is 20.7 Å². The highest BCUT2D eigenvalue weighted by Gasteiger charge is 2.50. The van der Waals surface area contributed by atoms with Crippen LogP contribution in [0.15, 0.2) is 46.9 Å². The zero-order chi connectivity index (χ0) is 28.7. The maximum atomic E-state index is 15.3. The first-order valence-corrected chi connectivity index (χ1v) is 11.8. The highest BCUT2D eigenvalue weighted by molar-refractivity contribution is 6.09. The molecule has 13 heteroatoms. The third-order valence-electron chi connectivity index (χ3n) is 6.98. The monoisotopic (exact) mass is 562 g/mol. The van der Waals surface area contributed by atoms with Crippen molar-refractivity contribution in [2.45, 2.75) is 11.8 Å². The molecule has 0 atom stereocenters. The van der Waals surface area contributed by atoms with Gasteiger partial charge in [0, 0.05) is 22.6 Å². The van der Waals surface area contributed by atoms with Crippen LogP contribution in [0.4, 0.5) is 32.0 Å². The molecule has 0 amide bonds. The SMILES string of the molecule is O=C([O-])c1ccc(C(=O)O)c(-c2c3cc(F)c(=[N+]4CC(F)(F)C4)cc-3oc3cc(N4CC(F)(F)C4)c(F)cc23)c1. The van der Waals surface area contributed by atoms with Gasteiger partial charge < -0.3 is 24.3 Å². The number of hydrogen-bond donors (Lipinski definition) is 1. The van der Waals surface area contributed by atoms with Gasteiger partial charge in [-0.05, 0) is 35.4 Å². The van der Waals surface area contributed by atoms with E-state index >= 15 is 8.78 Å². The molecule has 0 radical (unpaired) electrons. The van der Waals surface area contributed by atoms with Crippen molar-refractivity contribution < 1.29 is 50.6 Å². The number of anilines is 1. The number of nitrogens with zero attached hydrogens (tertiary/aromatic N) is 2. The van der Waals surface area contributed by atoms with Crippen LogP contribution in [0.25, 0.3) is 33.4 Å². The Morgan fingerprint density at radius 3 is 2.23 bits per heavy atom. The normalized spacial score (nSPS) is 17.6. The second-order valence-electron chi connectivity index (χ2n) is 9.85. The van der Waals surface area contributed by atoms with Crippen molar-refractivity contribution in [3.05, 3.63) is 70.6 Å². The summed E-state index contributed by atoms with van der Waals surface area (Å²) in [6, 6.07) is 6.99. The summed E-state index contributed by atoms with van der Waals surface area (Å²) in [5, 5.41) is 21.1. The molecule has 0 saturated carbocycles. The smallest absolute Gasteiger partial charge is 0.361 e. The summed E-state index contributed by atoms with van der Waals surface area (Å²) < 4.78 is 91.5. The van der Waals surface area contributed by atoms with E-state index in [0.717, 1.165) is 51.9 Å². The molecule has 2 aromatic carbocycles. The molecular formula is C27H16F6N2O5. The van der Waals surface area contributed by atoms with Gasteiger partial charge >= 0.3 is 11.9 Å². The molecule has 40 heavy (non-hydrogen) atoms. The van der Waals surface area contributed by atoms with Crippen LogP contribution in [-0.2, 0) is 0 Å². The fourth-order valence-corrected chi connectivity index (χ4v) is 5.11. The number of halogens is 6. The molecule has 4 aliphatic rings. The number of benzene rings is 3. The van der Waals surface area contributed by atoms with Gasteiger partial charge in [-0.25, -0.2) is 22.5 Å². The van der Waals surface area contributed by atoms with E-state index in [0.29, 0.717) is 0 Å². The van der Waals surface area contributed by atoms with E-state index in [1.807, 2.05) is 0 Å². The molecular weight excluding hydrogens is 546 g/mol. The van der Waals surface area contributed by atoms with Crippen molar-refractivity contribution in [3.63, 3.8) is 0 Å². The zero-order valence-electron chi connectivity index (χ0n) is 20.1. The van der Waals surface area contributed by atoms with Gasteiger partial charge in [-0.3, -0.25) is 0 Å². The first-order valence-electron chi connectivity index (χ1n) is 11.8. The van der Waals surface area contributed by atoms with E-state index in [9.17, 15) is 37.4 Å². The van der Waals surface area contributed by atoms with Crippen molar-refractivity contribution in [1.82, 2.24) is 4.58 Å². The van der Waals surface area contributed by atoms with Crippen LogP contribution < -0.4 is 19.9 Å². The number of alkyl halides is 4. The molecule has 1 aliphatic carbocycles. The van der Waals surface area contributed by atoms with Gasteiger partial charge in [-0.1, -0.05) is 6.07 Å². The lowest BCUT2D eigenvalue weighted by Crippen LogP contribution is -2.58. The lowest BCUT2D eigenvalue weighted by atomic mass is 9.89. The van der Waals surface area contributed by atoms with Crippen LogP contribution in [0, 0.1) is 11.6 Å². The molecule has 3 heterocycles. The van der Waals surface area contributed by atoms with Crippen LogP contribution >= 0.6 is 0 Å². The topological polar surface area (TPSA) is 96.8 Å². The summed E-state index contributed by atoms with van der Waals surface area (Å²) in [6.07, 6.45) is 0. The molecule has 1 N–H and O–H groups in total. The minimum Gasteiger partial charge on any atom is -0.545 e. The minimum atomic E-state index is -3.03. The number of carboxylic acids is 2. The van der Waals surface area contributed by atoms with Gasteiger partial charge in [-0.15, -0.1) is 0 Å². The highest BCUT2D eigenvalue weighted by atomic mass is 19.3. The van der Waals surface area contributed by atoms with Gasteiger partial charge in [0.1, 0.15) is 17.2 Å². The van der Waals surface area contributed by atoms with Crippen molar-refractivity contribution in [2.75, 3.05) is 31.1 Å². The van der Waals surface area contributed by atoms with Crippen LogP contribution in [0.3, 0.4) is 0 Å². The number of aromatic carboxylic acids is 2.